The molecule has 21 heavy (non-hydrogen) atoms. The average molecular weight is 288 g/mol. The van der Waals surface area contributed by atoms with Crippen LogP contribution in [0.15, 0.2) is 18.2 Å². The molecule has 0 spiro atoms. The van der Waals surface area contributed by atoms with Crippen molar-refractivity contribution in [2.75, 3.05) is 13.2 Å². The summed E-state index contributed by atoms with van der Waals surface area (Å²) in [5.74, 6) is 0.767. The van der Waals surface area contributed by atoms with Crippen molar-refractivity contribution in [3.05, 3.63) is 29.3 Å². The third-order valence-corrected chi connectivity index (χ3v) is 4.62. The van der Waals surface area contributed by atoms with Crippen LogP contribution in [0.2, 0.25) is 0 Å². The lowest BCUT2D eigenvalue weighted by atomic mass is 9.96. The number of benzene rings is 1. The Morgan fingerprint density at radius 2 is 2.19 bits per heavy atom. The highest BCUT2D eigenvalue weighted by Crippen LogP contribution is 2.28. The Labute approximate surface area is 124 Å². The molecule has 5 nitrogen and oxygen atoms in total. The van der Waals surface area contributed by atoms with E-state index in [2.05, 4.69) is 11.4 Å². The van der Waals surface area contributed by atoms with Crippen LogP contribution in [-0.4, -0.2) is 35.5 Å². The highest BCUT2D eigenvalue weighted by atomic mass is 16.5. The molecule has 2 aliphatic rings. The molecule has 1 unspecified atom stereocenters. The average Bonchev–Trinajstić information content (AvgIpc) is 3.01. The smallest absolute Gasteiger partial charge is 0.325 e. The van der Waals surface area contributed by atoms with Crippen molar-refractivity contribution >= 4 is 11.9 Å². The molecule has 1 aromatic rings. The third kappa shape index (κ3) is 2.26. The van der Waals surface area contributed by atoms with E-state index in [9.17, 15) is 9.59 Å². The van der Waals surface area contributed by atoms with E-state index in [0.717, 1.165) is 25.2 Å². The Bertz CT molecular complexity index is 599. The predicted octanol–water partition coefficient (Wildman–Crippen LogP) is 1.88. The van der Waals surface area contributed by atoms with E-state index in [1.807, 2.05) is 26.0 Å². The van der Waals surface area contributed by atoms with Crippen molar-refractivity contribution in [3.63, 3.8) is 0 Å². The minimum absolute atomic E-state index is 0.197. The minimum Gasteiger partial charge on any atom is -0.493 e. The molecular weight excluding hydrogens is 268 g/mol. The molecule has 1 aromatic carbocycles. The van der Waals surface area contributed by atoms with E-state index in [1.54, 1.807) is 4.90 Å². The topological polar surface area (TPSA) is 58.6 Å². The molecule has 3 rings (SSSR count). The SMILES string of the molecule is CCC1(C)C(=O)NC(=O)N1CCc1ccc2c(c1)CCO2. The first-order valence-corrected chi connectivity index (χ1v) is 7.42. The first kappa shape index (κ1) is 13.9. The zero-order valence-electron chi connectivity index (χ0n) is 12.4. The Hall–Kier alpha value is -2.04. The van der Waals surface area contributed by atoms with Gasteiger partial charge in [0.2, 0.25) is 0 Å². The van der Waals surface area contributed by atoms with Gasteiger partial charge in [-0.2, -0.15) is 0 Å². The highest BCUT2D eigenvalue weighted by molar-refractivity contribution is 6.06. The normalized spacial score (nSPS) is 24.0. The molecule has 1 N–H and O–H groups in total. The number of hydrogen-bond acceptors (Lipinski definition) is 3. The van der Waals surface area contributed by atoms with Gasteiger partial charge in [-0.05, 0) is 37.0 Å². The van der Waals surface area contributed by atoms with Crippen molar-refractivity contribution in [3.8, 4) is 5.75 Å². The fourth-order valence-corrected chi connectivity index (χ4v) is 2.98. The maximum absolute atomic E-state index is 11.9. The highest BCUT2D eigenvalue weighted by Gasteiger charge is 2.47. The van der Waals surface area contributed by atoms with Gasteiger partial charge in [0, 0.05) is 13.0 Å². The van der Waals surface area contributed by atoms with Crippen molar-refractivity contribution in [2.45, 2.75) is 38.6 Å². The number of fused-ring (bicyclic) bond motifs is 1. The standard InChI is InChI=1S/C16H20N2O3/c1-3-16(2)14(19)17-15(20)18(16)8-6-11-4-5-13-12(10-11)7-9-21-13/h4-5,10H,3,6-9H2,1-2H3,(H,17,19,20). The number of nitrogens with zero attached hydrogens (tertiary/aromatic N) is 1. The lowest BCUT2D eigenvalue weighted by Gasteiger charge is -2.30. The van der Waals surface area contributed by atoms with Gasteiger partial charge >= 0.3 is 6.03 Å². The van der Waals surface area contributed by atoms with E-state index in [4.69, 9.17) is 4.74 Å². The second-order valence-electron chi connectivity index (χ2n) is 5.83. The molecule has 1 atom stereocenters. The van der Waals surface area contributed by atoms with Gasteiger partial charge in [0.15, 0.2) is 0 Å². The molecule has 0 radical (unpaired) electrons. The lowest BCUT2D eigenvalue weighted by Crippen LogP contribution is -2.47. The van der Waals surface area contributed by atoms with E-state index >= 15 is 0 Å². The van der Waals surface area contributed by atoms with Gasteiger partial charge in [-0.15, -0.1) is 0 Å². The van der Waals surface area contributed by atoms with E-state index in [0.29, 0.717) is 13.0 Å². The van der Waals surface area contributed by atoms with Gasteiger partial charge in [-0.25, -0.2) is 4.79 Å². The monoisotopic (exact) mass is 288 g/mol. The summed E-state index contributed by atoms with van der Waals surface area (Å²) in [6, 6.07) is 5.88. The maximum Gasteiger partial charge on any atom is 0.325 e. The van der Waals surface area contributed by atoms with E-state index in [-0.39, 0.29) is 11.9 Å². The van der Waals surface area contributed by atoms with Crippen LogP contribution < -0.4 is 10.1 Å². The summed E-state index contributed by atoms with van der Waals surface area (Å²) in [5.41, 5.74) is 1.68. The third-order valence-electron chi connectivity index (χ3n) is 4.62. The Morgan fingerprint density at radius 3 is 2.95 bits per heavy atom. The summed E-state index contributed by atoms with van der Waals surface area (Å²) in [5, 5.41) is 2.41. The van der Waals surface area contributed by atoms with Crippen LogP contribution in [0.3, 0.4) is 0 Å². The van der Waals surface area contributed by atoms with Gasteiger partial charge < -0.3 is 9.64 Å². The van der Waals surface area contributed by atoms with Gasteiger partial charge in [0.25, 0.3) is 5.91 Å². The van der Waals surface area contributed by atoms with E-state index < -0.39 is 5.54 Å². The number of urea groups is 1. The number of amides is 3. The number of rotatable bonds is 4. The minimum atomic E-state index is -0.725. The lowest BCUT2D eigenvalue weighted by molar-refractivity contribution is -0.126. The summed E-state index contributed by atoms with van der Waals surface area (Å²) in [7, 11) is 0. The number of ether oxygens (including phenoxy) is 1. The quantitative estimate of drug-likeness (QED) is 0.861. The van der Waals surface area contributed by atoms with Crippen LogP contribution in [0.25, 0.3) is 0 Å². The predicted molar refractivity (Wildman–Crippen MR) is 78.3 cm³/mol. The van der Waals surface area contributed by atoms with Crippen molar-refractivity contribution in [2.24, 2.45) is 0 Å². The van der Waals surface area contributed by atoms with Gasteiger partial charge in [-0.1, -0.05) is 19.1 Å². The van der Waals surface area contributed by atoms with Crippen LogP contribution in [0.4, 0.5) is 4.79 Å². The van der Waals surface area contributed by atoms with Crippen LogP contribution in [-0.2, 0) is 17.6 Å². The summed E-state index contributed by atoms with van der Waals surface area (Å²) >= 11 is 0. The summed E-state index contributed by atoms with van der Waals surface area (Å²) in [4.78, 5) is 25.5. The zero-order valence-corrected chi connectivity index (χ0v) is 12.4. The van der Waals surface area contributed by atoms with Crippen LogP contribution in [0.5, 0.6) is 5.75 Å². The Morgan fingerprint density at radius 1 is 1.38 bits per heavy atom. The van der Waals surface area contributed by atoms with Crippen LogP contribution in [0.1, 0.15) is 31.4 Å². The molecule has 112 valence electrons. The van der Waals surface area contributed by atoms with Crippen molar-refractivity contribution < 1.29 is 14.3 Å². The summed E-state index contributed by atoms with van der Waals surface area (Å²) in [6.45, 7) is 5.04. The van der Waals surface area contributed by atoms with Gasteiger partial charge in [0.05, 0.1) is 6.61 Å². The summed E-state index contributed by atoms with van der Waals surface area (Å²) in [6.07, 6.45) is 2.30. The number of carbonyl (C=O) groups excluding carboxylic acids is 2. The molecule has 0 aromatic heterocycles. The Kier molecular flexibility index (Phi) is 3.35. The molecule has 2 aliphatic heterocycles. The summed E-state index contributed by atoms with van der Waals surface area (Å²) < 4.78 is 5.49. The molecule has 1 saturated heterocycles. The largest absolute Gasteiger partial charge is 0.493 e. The number of hydrogen-bond donors (Lipinski definition) is 1. The second-order valence-corrected chi connectivity index (χ2v) is 5.83. The van der Waals surface area contributed by atoms with E-state index in [1.165, 1.54) is 11.1 Å². The van der Waals surface area contributed by atoms with Gasteiger partial charge in [0.1, 0.15) is 11.3 Å². The molecule has 0 saturated carbocycles. The molecule has 2 heterocycles. The first-order valence-electron chi connectivity index (χ1n) is 7.42. The fourth-order valence-electron chi connectivity index (χ4n) is 2.98. The fraction of sp³-hybridized carbons (Fsp3) is 0.500. The number of imide groups is 1. The van der Waals surface area contributed by atoms with Crippen LogP contribution >= 0.6 is 0 Å². The number of carbonyl (C=O) groups is 2. The molecule has 3 amide bonds. The Balaban J connectivity index is 1.72. The molecular formula is C16H20N2O3. The molecule has 0 bridgehead atoms. The second kappa shape index (κ2) is 5.06. The first-order chi connectivity index (χ1) is 10.0. The molecule has 0 aliphatic carbocycles. The van der Waals surface area contributed by atoms with Crippen molar-refractivity contribution in [1.29, 1.82) is 0 Å². The maximum atomic E-state index is 11.9. The zero-order chi connectivity index (χ0) is 15.0. The molecule has 5 heteroatoms. The number of nitrogens with one attached hydrogen (secondary N) is 1. The van der Waals surface area contributed by atoms with Gasteiger partial charge in [-0.3, -0.25) is 10.1 Å². The van der Waals surface area contributed by atoms with Crippen LogP contribution in [0, 0.1) is 0 Å². The van der Waals surface area contributed by atoms with Crippen molar-refractivity contribution in [1.82, 2.24) is 10.2 Å². The molecule has 1 fully saturated rings.